The molecule has 1 aliphatic heterocycles. The number of nitrogens with zero attached hydrogens (tertiary/aromatic N) is 1. The second kappa shape index (κ2) is 5.96. The normalized spacial score (nSPS) is 21.2. The lowest BCUT2D eigenvalue weighted by molar-refractivity contribution is -0.144. The quantitative estimate of drug-likeness (QED) is 0.919. The summed E-state index contributed by atoms with van der Waals surface area (Å²) in [5.74, 6) is -0.706. The van der Waals surface area contributed by atoms with Crippen molar-refractivity contribution in [2.45, 2.75) is 51.0 Å². The van der Waals surface area contributed by atoms with Crippen molar-refractivity contribution in [3.05, 3.63) is 34.9 Å². The van der Waals surface area contributed by atoms with Crippen LogP contribution in [0.25, 0.3) is 0 Å². The summed E-state index contributed by atoms with van der Waals surface area (Å²) >= 11 is 0. The molecule has 0 bridgehead atoms. The van der Waals surface area contributed by atoms with Crippen LogP contribution in [0, 0.1) is 0 Å². The molecule has 1 aromatic carbocycles. The molecule has 1 N–H and O–H groups in total. The lowest BCUT2D eigenvalue weighted by Gasteiger charge is -2.32. The lowest BCUT2D eigenvalue weighted by atomic mass is 9.88. The van der Waals surface area contributed by atoms with Gasteiger partial charge in [0.1, 0.15) is 6.04 Å². The number of aliphatic carboxylic acids is 1. The maximum atomic E-state index is 11.7. The van der Waals surface area contributed by atoms with Gasteiger partial charge in [-0.1, -0.05) is 24.6 Å². The predicted octanol–water partition coefficient (Wildman–Crippen LogP) is 3.18. The molecule has 3 heteroatoms. The van der Waals surface area contributed by atoms with E-state index in [4.69, 9.17) is 0 Å². The Kier molecular flexibility index (Phi) is 4.06. The first-order chi connectivity index (χ1) is 9.75. The summed E-state index contributed by atoms with van der Waals surface area (Å²) < 4.78 is 0. The molecule has 1 fully saturated rings. The fourth-order valence-electron chi connectivity index (χ4n) is 3.61. The van der Waals surface area contributed by atoms with Gasteiger partial charge >= 0.3 is 5.97 Å². The van der Waals surface area contributed by atoms with Gasteiger partial charge < -0.3 is 5.11 Å². The standard InChI is InChI=1S/C17H23NO2/c19-17(20)16(18-10-4-1-5-11-18)15-9-8-13-6-2-3-7-14(13)12-15/h8-9,12,16H,1-7,10-11H2,(H,19,20). The van der Waals surface area contributed by atoms with E-state index >= 15 is 0 Å². The SMILES string of the molecule is O=C(O)C(c1ccc2c(c1)CCCC2)N1CCCCC1. The smallest absolute Gasteiger partial charge is 0.325 e. The van der Waals surface area contributed by atoms with Gasteiger partial charge in [0.15, 0.2) is 0 Å². The number of likely N-dealkylation sites (tertiary alicyclic amines) is 1. The van der Waals surface area contributed by atoms with Gasteiger partial charge in [0.05, 0.1) is 0 Å². The Bertz CT molecular complexity index is 492. The zero-order chi connectivity index (χ0) is 13.9. The van der Waals surface area contributed by atoms with E-state index in [-0.39, 0.29) is 0 Å². The fourth-order valence-corrected chi connectivity index (χ4v) is 3.61. The van der Waals surface area contributed by atoms with E-state index < -0.39 is 12.0 Å². The highest BCUT2D eigenvalue weighted by atomic mass is 16.4. The van der Waals surface area contributed by atoms with E-state index in [1.165, 1.54) is 30.4 Å². The van der Waals surface area contributed by atoms with E-state index in [1.807, 2.05) is 6.07 Å². The second-order valence-corrected chi connectivity index (χ2v) is 6.07. The first-order valence-corrected chi connectivity index (χ1v) is 7.84. The molecule has 1 saturated heterocycles. The van der Waals surface area contributed by atoms with Crippen molar-refractivity contribution in [3.63, 3.8) is 0 Å². The summed E-state index contributed by atoms with van der Waals surface area (Å²) in [4.78, 5) is 13.9. The number of rotatable bonds is 3. The molecule has 0 radical (unpaired) electrons. The predicted molar refractivity (Wildman–Crippen MR) is 78.9 cm³/mol. The van der Waals surface area contributed by atoms with Crippen molar-refractivity contribution in [2.24, 2.45) is 0 Å². The third-order valence-electron chi connectivity index (χ3n) is 4.68. The molecule has 1 heterocycles. The van der Waals surface area contributed by atoms with E-state index in [1.54, 1.807) is 0 Å². The average Bonchev–Trinajstić information content (AvgIpc) is 2.48. The average molecular weight is 273 g/mol. The minimum absolute atomic E-state index is 0.456. The summed E-state index contributed by atoms with van der Waals surface area (Å²) in [5.41, 5.74) is 3.76. The van der Waals surface area contributed by atoms with E-state index in [0.29, 0.717) is 0 Å². The number of hydrogen-bond donors (Lipinski definition) is 1. The zero-order valence-electron chi connectivity index (χ0n) is 12.0. The molecule has 3 nitrogen and oxygen atoms in total. The first kappa shape index (κ1) is 13.6. The van der Waals surface area contributed by atoms with E-state index in [9.17, 15) is 9.90 Å². The van der Waals surface area contributed by atoms with Gasteiger partial charge in [-0.3, -0.25) is 9.69 Å². The largest absolute Gasteiger partial charge is 0.480 e. The van der Waals surface area contributed by atoms with E-state index in [2.05, 4.69) is 17.0 Å². The number of piperidine rings is 1. The number of fused-ring (bicyclic) bond motifs is 1. The van der Waals surface area contributed by atoms with Crippen LogP contribution in [0.3, 0.4) is 0 Å². The van der Waals surface area contributed by atoms with Crippen molar-refractivity contribution >= 4 is 5.97 Å². The van der Waals surface area contributed by atoms with Crippen LogP contribution < -0.4 is 0 Å². The van der Waals surface area contributed by atoms with Gasteiger partial charge in [-0.2, -0.15) is 0 Å². The summed E-state index contributed by atoms with van der Waals surface area (Å²) in [6, 6.07) is 5.89. The molecule has 1 aromatic rings. The topological polar surface area (TPSA) is 40.5 Å². The van der Waals surface area contributed by atoms with Gasteiger partial charge in [-0.15, -0.1) is 0 Å². The van der Waals surface area contributed by atoms with Crippen LogP contribution in [0.1, 0.15) is 54.8 Å². The van der Waals surface area contributed by atoms with Crippen molar-refractivity contribution in [1.82, 2.24) is 4.90 Å². The highest BCUT2D eigenvalue weighted by Gasteiger charge is 2.29. The molecule has 20 heavy (non-hydrogen) atoms. The number of carbonyl (C=O) groups is 1. The Hall–Kier alpha value is -1.35. The maximum absolute atomic E-state index is 11.7. The van der Waals surface area contributed by atoms with E-state index in [0.717, 1.165) is 44.3 Å². The molecule has 1 aliphatic carbocycles. The maximum Gasteiger partial charge on any atom is 0.325 e. The minimum atomic E-state index is -0.706. The van der Waals surface area contributed by atoms with Crippen LogP contribution in [-0.2, 0) is 17.6 Å². The molecule has 108 valence electrons. The number of hydrogen-bond acceptors (Lipinski definition) is 2. The zero-order valence-corrected chi connectivity index (χ0v) is 12.0. The Morgan fingerprint density at radius 2 is 1.70 bits per heavy atom. The number of carboxylic acids is 1. The van der Waals surface area contributed by atoms with Gasteiger partial charge in [-0.25, -0.2) is 0 Å². The van der Waals surface area contributed by atoms with Crippen LogP contribution in [0.5, 0.6) is 0 Å². The summed E-state index contributed by atoms with van der Waals surface area (Å²) in [7, 11) is 0. The molecule has 0 aromatic heterocycles. The highest BCUT2D eigenvalue weighted by molar-refractivity contribution is 5.75. The number of carboxylic acid groups (broad SMARTS) is 1. The molecule has 1 unspecified atom stereocenters. The minimum Gasteiger partial charge on any atom is -0.480 e. The van der Waals surface area contributed by atoms with Gasteiger partial charge in [0, 0.05) is 0 Å². The summed E-state index contributed by atoms with van der Waals surface area (Å²) in [6.45, 7) is 1.82. The van der Waals surface area contributed by atoms with Gasteiger partial charge in [-0.05, 0) is 68.3 Å². The van der Waals surface area contributed by atoms with Crippen LogP contribution >= 0.6 is 0 Å². The van der Waals surface area contributed by atoms with Crippen molar-refractivity contribution in [2.75, 3.05) is 13.1 Å². The Balaban J connectivity index is 1.88. The van der Waals surface area contributed by atoms with Crippen LogP contribution in [0.4, 0.5) is 0 Å². The molecular formula is C17H23NO2. The third kappa shape index (κ3) is 2.73. The second-order valence-electron chi connectivity index (χ2n) is 6.07. The molecule has 2 aliphatic rings. The van der Waals surface area contributed by atoms with Crippen molar-refractivity contribution < 1.29 is 9.90 Å². The number of benzene rings is 1. The number of aryl methyl sites for hydroxylation is 2. The molecule has 0 amide bonds. The monoisotopic (exact) mass is 273 g/mol. The van der Waals surface area contributed by atoms with Gasteiger partial charge in [0.25, 0.3) is 0 Å². The Morgan fingerprint density at radius 3 is 2.40 bits per heavy atom. The fraction of sp³-hybridized carbons (Fsp3) is 0.588. The molecular weight excluding hydrogens is 250 g/mol. The summed E-state index contributed by atoms with van der Waals surface area (Å²) in [5, 5.41) is 9.64. The highest BCUT2D eigenvalue weighted by Crippen LogP contribution is 2.29. The molecule has 0 saturated carbocycles. The van der Waals surface area contributed by atoms with Crippen LogP contribution in [0.15, 0.2) is 18.2 Å². The molecule has 1 atom stereocenters. The van der Waals surface area contributed by atoms with Crippen LogP contribution in [-0.4, -0.2) is 29.1 Å². The Morgan fingerprint density at radius 1 is 1.00 bits per heavy atom. The molecule has 3 rings (SSSR count). The van der Waals surface area contributed by atoms with Crippen molar-refractivity contribution in [1.29, 1.82) is 0 Å². The summed E-state index contributed by atoms with van der Waals surface area (Å²) in [6.07, 6.45) is 8.22. The molecule has 0 spiro atoms. The van der Waals surface area contributed by atoms with Crippen molar-refractivity contribution in [3.8, 4) is 0 Å². The van der Waals surface area contributed by atoms with Crippen LogP contribution in [0.2, 0.25) is 0 Å². The Labute approximate surface area is 120 Å². The first-order valence-electron chi connectivity index (χ1n) is 7.84. The third-order valence-corrected chi connectivity index (χ3v) is 4.68. The van der Waals surface area contributed by atoms with Gasteiger partial charge in [0.2, 0.25) is 0 Å². The lowest BCUT2D eigenvalue weighted by Crippen LogP contribution is -2.38.